The van der Waals surface area contributed by atoms with E-state index in [1.165, 1.54) is 13.8 Å². The molecule has 3 heterocycles. The van der Waals surface area contributed by atoms with Gasteiger partial charge in [-0.15, -0.1) is 0 Å². The van der Waals surface area contributed by atoms with Gasteiger partial charge in [0.15, 0.2) is 0 Å². The summed E-state index contributed by atoms with van der Waals surface area (Å²) >= 11 is 0. The Labute approximate surface area is 233 Å². The average Bonchev–Trinajstić information content (AvgIpc) is 3.22. The normalized spacial score (nSPS) is 50.3. The van der Waals surface area contributed by atoms with Crippen LogP contribution < -0.4 is 0 Å². The number of rotatable bonds is 3. The van der Waals surface area contributed by atoms with Crippen LogP contribution in [-0.4, -0.2) is 69.8 Å². The summed E-state index contributed by atoms with van der Waals surface area (Å²) < 4.78 is 29.9. The SMILES string of the molecule is CC(=O)O[C@H]1CC(=O)OC(C)(C)[C@@H]2C[C@@H](OC(C)=O)[C@]3(C)[C@H]([C@@H](O)[C@H](O)[C@@]4(C)[C@H](c5ccoc5)C[C@H]5O[C@@]534)[C@@]12C. The van der Waals surface area contributed by atoms with Crippen molar-refractivity contribution in [1.29, 1.82) is 0 Å². The van der Waals surface area contributed by atoms with Crippen molar-refractivity contribution in [2.24, 2.45) is 28.1 Å². The summed E-state index contributed by atoms with van der Waals surface area (Å²) in [7, 11) is 0. The Morgan fingerprint density at radius 1 is 0.975 bits per heavy atom. The number of aliphatic hydroxyl groups is 2. The van der Waals surface area contributed by atoms with Gasteiger partial charge in [0, 0.05) is 47.8 Å². The average molecular weight is 561 g/mol. The Morgan fingerprint density at radius 3 is 2.23 bits per heavy atom. The van der Waals surface area contributed by atoms with E-state index in [9.17, 15) is 24.6 Å². The third-order valence-corrected chi connectivity index (χ3v) is 11.8. The number of hydrogen-bond donors (Lipinski definition) is 2. The van der Waals surface area contributed by atoms with Gasteiger partial charge in [0.25, 0.3) is 0 Å². The highest BCUT2D eigenvalue weighted by molar-refractivity contribution is 5.73. The first kappa shape index (κ1) is 27.7. The Kier molecular flexibility index (Phi) is 5.77. The number of carbonyl (C=O) groups excluding carboxylic acids is 3. The maximum absolute atomic E-state index is 13.1. The van der Waals surface area contributed by atoms with E-state index in [-0.39, 0.29) is 24.9 Å². The number of fused-ring (bicyclic) bond motifs is 3. The minimum atomic E-state index is -1.33. The van der Waals surface area contributed by atoms with Crippen LogP contribution in [0.2, 0.25) is 0 Å². The standard InChI is InChI=1S/C30H40O10/c1-14(31)37-19-12-22(33)40-26(3,4)18-11-20(38-15(2)32)29(7)24(27(18,19)5)23(34)25(35)28(6)17(16-8-9-36-13-16)10-21-30(28,29)39-21/h8-9,13,17-21,23-25,34-35H,10-12H2,1-7H3/t17-,18-,19-,20+,21+,23+,24+,25-,27+,28+,29+,30+/m0/s1. The minimum absolute atomic E-state index is 0.185. The van der Waals surface area contributed by atoms with Gasteiger partial charge in [-0.05, 0) is 38.3 Å². The molecule has 1 aromatic heterocycles. The van der Waals surface area contributed by atoms with E-state index in [1.54, 1.807) is 26.4 Å². The van der Waals surface area contributed by atoms with Crippen LogP contribution in [0.25, 0.3) is 0 Å². The molecule has 2 N–H and O–H groups in total. The van der Waals surface area contributed by atoms with Gasteiger partial charge in [-0.1, -0.05) is 20.8 Å². The third kappa shape index (κ3) is 3.13. The zero-order chi connectivity index (χ0) is 29.2. The summed E-state index contributed by atoms with van der Waals surface area (Å²) in [5.41, 5.74) is -4.17. The van der Waals surface area contributed by atoms with Crippen LogP contribution in [0, 0.1) is 28.1 Å². The predicted octanol–water partition coefficient (Wildman–Crippen LogP) is 2.88. The lowest BCUT2D eigenvalue weighted by atomic mass is 9.36. The summed E-state index contributed by atoms with van der Waals surface area (Å²) in [6.07, 6.45) is -0.590. The third-order valence-electron chi connectivity index (χ3n) is 11.8. The van der Waals surface area contributed by atoms with Gasteiger partial charge >= 0.3 is 17.9 Å². The highest BCUT2D eigenvalue weighted by atomic mass is 16.6. The maximum atomic E-state index is 13.1. The first-order valence-electron chi connectivity index (χ1n) is 14.2. The van der Waals surface area contributed by atoms with E-state index in [0.717, 1.165) is 5.56 Å². The molecule has 5 fully saturated rings. The zero-order valence-electron chi connectivity index (χ0n) is 24.1. The van der Waals surface area contributed by atoms with E-state index in [0.29, 0.717) is 6.42 Å². The summed E-state index contributed by atoms with van der Waals surface area (Å²) in [5.74, 6) is -3.03. The number of aliphatic hydroxyl groups excluding tert-OH is 2. The Bertz CT molecular complexity index is 1240. The predicted molar refractivity (Wildman–Crippen MR) is 137 cm³/mol. The summed E-state index contributed by atoms with van der Waals surface area (Å²) in [4.78, 5) is 38.1. The van der Waals surface area contributed by atoms with Gasteiger partial charge in [0.1, 0.15) is 23.4 Å². The molecule has 2 aliphatic heterocycles. The number of hydrogen-bond acceptors (Lipinski definition) is 10. The lowest BCUT2D eigenvalue weighted by Crippen LogP contribution is -2.78. The van der Waals surface area contributed by atoms with Crippen molar-refractivity contribution in [2.45, 2.75) is 115 Å². The molecule has 3 saturated carbocycles. The number of cyclic esters (lactones) is 1. The smallest absolute Gasteiger partial charge is 0.310 e. The molecule has 1 spiro atoms. The lowest BCUT2D eigenvalue weighted by molar-refractivity contribution is -0.313. The van der Waals surface area contributed by atoms with E-state index in [2.05, 4.69) is 0 Å². The number of ether oxygens (including phenoxy) is 4. The highest BCUT2D eigenvalue weighted by Gasteiger charge is 2.91. The molecular formula is C30H40O10. The molecule has 0 aromatic carbocycles. The number of furan rings is 1. The van der Waals surface area contributed by atoms with Crippen molar-refractivity contribution in [2.75, 3.05) is 0 Å². The molecule has 40 heavy (non-hydrogen) atoms. The molecule has 10 heteroatoms. The zero-order valence-corrected chi connectivity index (χ0v) is 24.1. The van der Waals surface area contributed by atoms with E-state index < -0.39 is 81.6 Å². The second kappa shape index (κ2) is 8.32. The molecule has 0 bridgehead atoms. The van der Waals surface area contributed by atoms with E-state index in [1.807, 2.05) is 26.8 Å². The molecule has 6 rings (SSSR count). The number of carbonyl (C=O) groups is 3. The number of epoxide rings is 1. The van der Waals surface area contributed by atoms with Crippen molar-refractivity contribution in [3.63, 3.8) is 0 Å². The van der Waals surface area contributed by atoms with Crippen molar-refractivity contribution < 1.29 is 48.0 Å². The fraction of sp³-hybridized carbons (Fsp3) is 0.767. The van der Waals surface area contributed by atoms with Crippen LogP contribution in [0.4, 0.5) is 0 Å². The molecule has 0 radical (unpaired) electrons. The Balaban J connectivity index is 1.60. The molecule has 3 aliphatic carbocycles. The fourth-order valence-corrected chi connectivity index (χ4v) is 10.5. The first-order chi connectivity index (χ1) is 18.6. The monoisotopic (exact) mass is 560 g/mol. The van der Waals surface area contributed by atoms with Crippen LogP contribution in [0.1, 0.15) is 79.2 Å². The Morgan fingerprint density at radius 2 is 1.62 bits per heavy atom. The first-order valence-corrected chi connectivity index (χ1v) is 14.2. The molecule has 12 atom stereocenters. The van der Waals surface area contributed by atoms with Crippen LogP contribution in [-0.2, 0) is 33.3 Å². The summed E-state index contributed by atoms with van der Waals surface area (Å²) in [6, 6.07) is 1.87. The highest BCUT2D eigenvalue weighted by Crippen LogP contribution is 2.82. The summed E-state index contributed by atoms with van der Waals surface area (Å²) in [6.45, 7) is 12.1. The lowest BCUT2D eigenvalue weighted by Gasteiger charge is -2.69. The van der Waals surface area contributed by atoms with Gasteiger partial charge in [-0.2, -0.15) is 0 Å². The number of esters is 3. The van der Waals surface area contributed by atoms with Crippen molar-refractivity contribution in [1.82, 2.24) is 0 Å². The molecule has 220 valence electrons. The van der Waals surface area contributed by atoms with Gasteiger partial charge < -0.3 is 33.6 Å². The largest absolute Gasteiger partial charge is 0.472 e. The van der Waals surface area contributed by atoms with Crippen molar-refractivity contribution in [3.8, 4) is 0 Å². The van der Waals surface area contributed by atoms with Crippen molar-refractivity contribution in [3.05, 3.63) is 24.2 Å². The minimum Gasteiger partial charge on any atom is -0.472 e. The van der Waals surface area contributed by atoms with Crippen molar-refractivity contribution >= 4 is 17.9 Å². The molecule has 10 nitrogen and oxygen atoms in total. The molecular weight excluding hydrogens is 520 g/mol. The van der Waals surface area contributed by atoms with E-state index >= 15 is 0 Å². The quantitative estimate of drug-likeness (QED) is 0.322. The topological polar surface area (TPSA) is 145 Å². The summed E-state index contributed by atoms with van der Waals surface area (Å²) in [5, 5.41) is 24.4. The van der Waals surface area contributed by atoms with Gasteiger partial charge in [0.2, 0.25) is 0 Å². The fourth-order valence-electron chi connectivity index (χ4n) is 10.5. The van der Waals surface area contributed by atoms with Crippen LogP contribution in [0.3, 0.4) is 0 Å². The van der Waals surface area contributed by atoms with Crippen LogP contribution in [0.15, 0.2) is 23.0 Å². The molecule has 0 amide bonds. The molecule has 0 unspecified atom stereocenters. The Hall–Kier alpha value is -2.43. The van der Waals surface area contributed by atoms with Crippen LogP contribution >= 0.6 is 0 Å². The van der Waals surface area contributed by atoms with Gasteiger partial charge in [0.05, 0.1) is 37.3 Å². The van der Waals surface area contributed by atoms with Gasteiger partial charge in [-0.3, -0.25) is 14.4 Å². The second-order valence-corrected chi connectivity index (χ2v) is 13.8. The molecule has 2 saturated heterocycles. The molecule has 5 aliphatic rings. The maximum Gasteiger partial charge on any atom is 0.310 e. The molecule has 1 aromatic rings. The second-order valence-electron chi connectivity index (χ2n) is 13.8. The van der Waals surface area contributed by atoms with E-state index in [4.69, 9.17) is 23.4 Å². The van der Waals surface area contributed by atoms with Crippen LogP contribution in [0.5, 0.6) is 0 Å². The van der Waals surface area contributed by atoms with Gasteiger partial charge in [-0.25, -0.2) is 0 Å².